The molecule has 1 aliphatic carbocycles. The summed E-state index contributed by atoms with van der Waals surface area (Å²) in [4.78, 5) is 26.8. The van der Waals surface area contributed by atoms with Crippen molar-refractivity contribution < 1.29 is 19.8 Å². The first-order valence-electron chi connectivity index (χ1n) is 10.7. The highest BCUT2D eigenvalue weighted by Crippen LogP contribution is 2.38. The molecule has 1 aliphatic rings. The number of hydrogen-bond donors (Lipinski definition) is 4. The normalized spacial score (nSPS) is 20.0. The number of carbonyl (C=O) groups is 2. The van der Waals surface area contributed by atoms with Crippen LogP contribution in [0.25, 0.3) is 0 Å². The van der Waals surface area contributed by atoms with Gasteiger partial charge in [-0.3, -0.25) is 9.59 Å². The van der Waals surface area contributed by atoms with Crippen molar-refractivity contribution in [1.82, 2.24) is 10.6 Å². The highest BCUT2D eigenvalue weighted by Gasteiger charge is 2.49. The Bertz CT molecular complexity index is 496. The highest BCUT2D eigenvalue weighted by molar-refractivity contribution is 6.05. The zero-order chi connectivity index (χ0) is 21.9. The maximum absolute atomic E-state index is 13.4. The Labute approximate surface area is 170 Å². The van der Waals surface area contributed by atoms with Crippen molar-refractivity contribution in [1.29, 1.82) is 0 Å². The summed E-state index contributed by atoms with van der Waals surface area (Å²) < 4.78 is 0. The predicted molar refractivity (Wildman–Crippen MR) is 112 cm³/mol. The maximum atomic E-state index is 13.4. The number of rotatable bonds is 8. The largest absolute Gasteiger partial charge is 0.388 e. The van der Waals surface area contributed by atoms with E-state index in [1.165, 1.54) is 0 Å². The highest BCUT2D eigenvalue weighted by atomic mass is 16.3. The number of hydrogen-bond acceptors (Lipinski definition) is 4. The molecule has 0 unspecified atom stereocenters. The summed E-state index contributed by atoms with van der Waals surface area (Å²) in [5.41, 5.74) is -3.34. The van der Waals surface area contributed by atoms with Gasteiger partial charge in [-0.1, -0.05) is 47.0 Å². The van der Waals surface area contributed by atoms with Crippen LogP contribution in [0.2, 0.25) is 0 Å². The minimum absolute atomic E-state index is 0.0208. The number of amides is 2. The molecule has 4 N–H and O–H groups in total. The van der Waals surface area contributed by atoms with E-state index in [2.05, 4.69) is 10.6 Å². The van der Waals surface area contributed by atoms with Crippen molar-refractivity contribution in [2.75, 3.05) is 0 Å². The summed E-state index contributed by atoms with van der Waals surface area (Å²) in [6.07, 6.45) is 3.59. The third kappa shape index (κ3) is 5.93. The topological polar surface area (TPSA) is 98.7 Å². The molecule has 0 saturated heterocycles. The molecule has 2 atom stereocenters. The van der Waals surface area contributed by atoms with Gasteiger partial charge in [0, 0.05) is 0 Å². The van der Waals surface area contributed by atoms with Gasteiger partial charge in [0.15, 0.2) is 0 Å². The van der Waals surface area contributed by atoms with Gasteiger partial charge in [0.2, 0.25) is 11.8 Å². The molecule has 0 heterocycles. The smallest absolute Gasteiger partial charge is 0.236 e. The minimum Gasteiger partial charge on any atom is -0.388 e. The fourth-order valence-corrected chi connectivity index (χ4v) is 4.59. The second-order valence-corrected chi connectivity index (χ2v) is 10.3. The molecule has 164 valence electrons. The van der Waals surface area contributed by atoms with E-state index in [1.807, 2.05) is 27.7 Å². The summed E-state index contributed by atoms with van der Waals surface area (Å²) in [6, 6.07) is -0.913. The van der Waals surface area contributed by atoms with Gasteiger partial charge in [0.05, 0.1) is 23.3 Å². The molecular weight excluding hydrogens is 356 g/mol. The Kier molecular flexibility index (Phi) is 8.11. The molecule has 1 rings (SSSR count). The minimum atomic E-state index is -1.16. The van der Waals surface area contributed by atoms with Crippen LogP contribution in [0, 0.1) is 17.3 Å². The predicted octanol–water partition coefficient (Wildman–Crippen LogP) is 2.76. The van der Waals surface area contributed by atoms with Crippen molar-refractivity contribution in [3.63, 3.8) is 0 Å². The zero-order valence-electron chi connectivity index (χ0n) is 19.1. The van der Waals surface area contributed by atoms with Crippen LogP contribution >= 0.6 is 0 Å². The first-order chi connectivity index (χ1) is 12.6. The van der Waals surface area contributed by atoms with Gasteiger partial charge in [-0.15, -0.1) is 0 Å². The van der Waals surface area contributed by atoms with Crippen LogP contribution in [-0.2, 0) is 9.59 Å². The molecule has 2 amide bonds. The van der Waals surface area contributed by atoms with Gasteiger partial charge in [-0.2, -0.15) is 0 Å². The lowest BCUT2D eigenvalue weighted by atomic mass is 9.71. The Morgan fingerprint density at radius 3 is 1.32 bits per heavy atom. The van der Waals surface area contributed by atoms with Crippen LogP contribution in [-0.4, -0.2) is 45.3 Å². The lowest BCUT2D eigenvalue weighted by Crippen LogP contribution is -2.62. The van der Waals surface area contributed by atoms with Gasteiger partial charge in [0.25, 0.3) is 0 Å². The fraction of sp³-hybridized carbons (Fsp3) is 0.909. The molecule has 28 heavy (non-hydrogen) atoms. The van der Waals surface area contributed by atoms with E-state index in [1.54, 1.807) is 27.7 Å². The van der Waals surface area contributed by atoms with E-state index < -0.39 is 28.7 Å². The Morgan fingerprint density at radius 1 is 0.750 bits per heavy atom. The SMILES string of the molecule is CC(C)[C@@H](NC(=O)C1(C(=O)N[C@H](C(C)C)C(C)(C)O)CCCCC1)C(C)(C)O. The number of carbonyl (C=O) groups excluding carboxylic acids is 2. The molecule has 6 nitrogen and oxygen atoms in total. The van der Waals surface area contributed by atoms with E-state index in [9.17, 15) is 19.8 Å². The summed E-state index contributed by atoms with van der Waals surface area (Å²) >= 11 is 0. The fourth-order valence-electron chi connectivity index (χ4n) is 4.59. The Hall–Kier alpha value is -1.14. The monoisotopic (exact) mass is 398 g/mol. The molecule has 0 aromatic rings. The van der Waals surface area contributed by atoms with Crippen molar-refractivity contribution in [2.45, 2.75) is 111 Å². The van der Waals surface area contributed by atoms with E-state index in [0.717, 1.165) is 19.3 Å². The molecule has 1 saturated carbocycles. The second kappa shape index (κ2) is 9.12. The van der Waals surface area contributed by atoms with E-state index in [-0.39, 0.29) is 23.7 Å². The standard InChI is InChI=1S/C22H42N2O4/c1-14(2)16(20(5,6)27)23-18(25)22(12-10-9-11-13-22)19(26)24-17(15(3)4)21(7,8)28/h14-17,27-28H,9-13H2,1-8H3,(H,23,25)(H,24,26)/t16-,17-/m1/s1. The summed E-state index contributed by atoms with van der Waals surface area (Å²) in [6.45, 7) is 14.5. The lowest BCUT2D eigenvalue weighted by Gasteiger charge is -2.41. The third-order valence-electron chi connectivity index (χ3n) is 6.01. The molecule has 0 spiro atoms. The van der Waals surface area contributed by atoms with Crippen molar-refractivity contribution in [3.8, 4) is 0 Å². The number of nitrogens with one attached hydrogen (secondary N) is 2. The van der Waals surface area contributed by atoms with E-state index in [4.69, 9.17) is 0 Å². The molecule has 0 aromatic carbocycles. The summed E-state index contributed by atoms with van der Waals surface area (Å²) in [7, 11) is 0. The van der Waals surface area contributed by atoms with Gasteiger partial charge in [0.1, 0.15) is 5.41 Å². The van der Waals surface area contributed by atoms with Crippen LogP contribution in [0.3, 0.4) is 0 Å². The molecule has 1 fully saturated rings. The van der Waals surface area contributed by atoms with Crippen LogP contribution in [0.4, 0.5) is 0 Å². The molecule has 0 radical (unpaired) electrons. The van der Waals surface area contributed by atoms with Crippen molar-refractivity contribution >= 4 is 11.8 Å². The van der Waals surface area contributed by atoms with Crippen molar-refractivity contribution in [3.05, 3.63) is 0 Å². The lowest BCUT2D eigenvalue weighted by molar-refractivity contribution is -0.150. The van der Waals surface area contributed by atoms with Crippen LogP contribution in [0.15, 0.2) is 0 Å². The molecule has 0 aliphatic heterocycles. The number of aliphatic hydroxyl groups is 2. The summed E-state index contributed by atoms with van der Waals surface area (Å²) in [5.74, 6) is -0.590. The second-order valence-electron chi connectivity index (χ2n) is 10.3. The van der Waals surface area contributed by atoms with Gasteiger partial charge >= 0.3 is 0 Å². The first kappa shape index (κ1) is 24.9. The van der Waals surface area contributed by atoms with Gasteiger partial charge in [-0.05, 0) is 52.4 Å². The zero-order valence-corrected chi connectivity index (χ0v) is 19.1. The Balaban J connectivity index is 3.17. The summed E-state index contributed by atoms with van der Waals surface area (Å²) in [5, 5.41) is 26.9. The first-order valence-corrected chi connectivity index (χ1v) is 10.7. The van der Waals surface area contributed by atoms with E-state index >= 15 is 0 Å². The van der Waals surface area contributed by atoms with Crippen LogP contribution in [0.1, 0.15) is 87.5 Å². The van der Waals surface area contributed by atoms with Gasteiger partial charge < -0.3 is 20.8 Å². The van der Waals surface area contributed by atoms with Gasteiger partial charge in [-0.25, -0.2) is 0 Å². The van der Waals surface area contributed by atoms with Crippen LogP contribution in [0.5, 0.6) is 0 Å². The Morgan fingerprint density at radius 2 is 1.07 bits per heavy atom. The van der Waals surface area contributed by atoms with Crippen molar-refractivity contribution in [2.24, 2.45) is 17.3 Å². The third-order valence-corrected chi connectivity index (χ3v) is 6.01. The molecule has 0 bridgehead atoms. The molecule has 6 heteroatoms. The average molecular weight is 399 g/mol. The molecular formula is C22H42N2O4. The quantitative estimate of drug-likeness (QED) is 0.473. The maximum Gasteiger partial charge on any atom is 0.236 e. The average Bonchev–Trinajstić information content (AvgIpc) is 2.54. The molecule has 0 aromatic heterocycles. The van der Waals surface area contributed by atoms with E-state index in [0.29, 0.717) is 12.8 Å². The van der Waals surface area contributed by atoms with Crippen LogP contribution < -0.4 is 10.6 Å².